The Bertz CT molecular complexity index is 555. The fraction of sp³-hybridized carbons (Fsp3) is 0.154. The molecule has 0 saturated carbocycles. The summed E-state index contributed by atoms with van der Waals surface area (Å²) in [6, 6.07) is 6.64. The third-order valence-corrected chi connectivity index (χ3v) is 2.27. The number of nitrogens with zero attached hydrogens (tertiary/aromatic N) is 2. The van der Waals surface area contributed by atoms with E-state index in [1.54, 1.807) is 31.2 Å². The molecule has 0 saturated heterocycles. The van der Waals surface area contributed by atoms with Gasteiger partial charge in [-0.25, -0.2) is 19.2 Å². The van der Waals surface area contributed by atoms with Gasteiger partial charge >= 0.3 is 5.97 Å². The van der Waals surface area contributed by atoms with Crippen LogP contribution in [0.25, 0.3) is 0 Å². The Morgan fingerprint density at radius 3 is 2.47 bits per heavy atom. The van der Waals surface area contributed by atoms with Crippen LogP contribution in [-0.2, 0) is 4.74 Å². The van der Waals surface area contributed by atoms with Crippen LogP contribution < -0.4 is 5.32 Å². The number of carbonyl (C=O) groups excluding carboxylic acids is 1. The summed E-state index contributed by atoms with van der Waals surface area (Å²) >= 11 is 0. The highest BCUT2D eigenvalue weighted by Gasteiger charge is 2.06. The van der Waals surface area contributed by atoms with Gasteiger partial charge in [-0.2, -0.15) is 0 Å². The van der Waals surface area contributed by atoms with E-state index in [-0.39, 0.29) is 11.9 Å². The third kappa shape index (κ3) is 3.48. The minimum absolute atomic E-state index is 0.283. The Balaban J connectivity index is 2.06. The Morgan fingerprint density at radius 1 is 1.26 bits per heavy atom. The van der Waals surface area contributed by atoms with Crippen molar-refractivity contribution < 1.29 is 13.9 Å². The van der Waals surface area contributed by atoms with Crippen molar-refractivity contribution in [3.8, 4) is 0 Å². The molecular weight excluding hydrogens is 249 g/mol. The van der Waals surface area contributed by atoms with Crippen molar-refractivity contribution in [2.24, 2.45) is 0 Å². The van der Waals surface area contributed by atoms with E-state index in [1.165, 1.54) is 0 Å². The average molecular weight is 261 g/mol. The van der Waals surface area contributed by atoms with Crippen molar-refractivity contribution in [1.29, 1.82) is 0 Å². The van der Waals surface area contributed by atoms with Crippen molar-refractivity contribution in [2.45, 2.75) is 6.92 Å². The number of rotatable bonds is 4. The molecule has 0 aliphatic heterocycles. The monoisotopic (exact) mass is 261 g/mol. The highest BCUT2D eigenvalue weighted by molar-refractivity contribution is 5.89. The van der Waals surface area contributed by atoms with Gasteiger partial charge in [0.1, 0.15) is 0 Å². The summed E-state index contributed by atoms with van der Waals surface area (Å²) in [4.78, 5) is 19.0. The van der Waals surface area contributed by atoms with E-state index in [4.69, 9.17) is 4.74 Å². The smallest absolute Gasteiger partial charge is 0.338 e. The number of hydrogen-bond acceptors (Lipinski definition) is 5. The number of ether oxygens (including phenoxy) is 1. The summed E-state index contributed by atoms with van der Waals surface area (Å²) in [5.74, 6) is -0.583. The number of hydrogen-bond donors (Lipinski definition) is 1. The SMILES string of the molecule is CCOC(=O)c1ccc(Nc2ncc(F)cn2)cc1. The number of anilines is 2. The fourth-order valence-corrected chi connectivity index (χ4v) is 1.41. The number of halogens is 1. The van der Waals surface area contributed by atoms with Crippen LogP contribution in [0.15, 0.2) is 36.7 Å². The molecule has 1 N–H and O–H groups in total. The van der Waals surface area contributed by atoms with Crippen LogP contribution in [0.3, 0.4) is 0 Å². The zero-order valence-electron chi connectivity index (χ0n) is 10.3. The molecule has 5 nitrogen and oxygen atoms in total. The summed E-state index contributed by atoms with van der Waals surface area (Å²) in [6.45, 7) is 2.09. The molecule has 0 bridgehead atoms. The molecule has 6 heteroatoms. The van der Waals surface area contributed by atoms with Crippen molar-refractivity contribution in [1.82, 2.24) is 9.97 Å². The zero-order valence-corrected chi connectivity index (χ0v) is 10.3. The van der Waals surface area contributed by atoms with Crippen LogP contribution in [-0.4, -0.2) is 22.5 Å². The first-order valence-corrected chi connectivity index (χ1v) is 5.71. The van der Waals surface area contributed by atoms with Crippen molar-refractivity contribution in [3.05, 3.63) is 48.0 Å². The molecule has 0 spiro atoms. The van der Waals surface area contributed by atoms with Crippen LogP contribution in [0.4, 0.5) is 16.0 Å². The molecule has 98 valence electrons. The molecule has 2 rings (SSSR count). The highest BCUT2D eigenvalue weighted by atomic mass is 19.1. The van der Waals surface area contributed by atoms with Gasteiger partial charge < -0.3 is 10.1 Å². The van der Waals surface area contributed by atoms with E-state index >= 15 is 0 Å². The van der Waals surface area contributed by atoms with Gasteiger partial charge in [0.05, 0.1) is 24.6 Å². The lowest BCUT2D eigenvalue weighted by molar-refractivity contribution is 0.0526. The number of nitrogens with one attached hydrogen (secondary N) is 1. The predicted octanol–water partition coefficient (Wildman–Crippen LogP) is 2.54. The Kier molecular flexibility index (Phi) is 4.02. The normalized spacial score (nSPS) is 10.0. The Hall–Kier alpha value is -2.50. The first-order valence-electron chi connectivity index (χ1n) is 5.71. The van der Waals surface area contributed by atoms with Gasteiger partial charge in [-0.15, -0.1) is 0 Å². The average Bonchev–Trinajstić information content (AvgIpc) is 2.42. The molecule has 0 radical (unpaired) electrons. The topological polar surface area (TPSA) is 64.1 Å². The molecular formula is C13H12FN3O2. The zero-order chi connectivity index (χ0) is 13.7. The number of benzene rings is 1. The Morgan fingerprint density at radius 2 is 1.89 bits per heavy atom. The molecule has 0 atom stereocenters. The van der Waals surface area contributed by atoms with E-state index in [1.807, 2.05) is 0 Å². The quantitative estimate of drug-likeness (QED) is 0.857. The summed E-state index contributed by atoms with van der Waals surface area (Å²) < 4.78 is 17.5. The van der Waals surface area contributed by atoms with Crippen molar-refractivity contribution in [2.75, 3.05) is 11.9 Å². The summed E-state index contributed by atoms with van der Waals surface area (Å²) in [5, 5.41) is 2.89. The first-order chi connectivity index (χ1) is 9.19. The molecule has 2 aromatic rings. The maximum absolute atomic E-state index is 12.6. The van der Waals surface area contributed by atoms with E-state index in [2.05, 4.69) is 15.3 Å². The standard InChI is InChI=1S/C13H12FN3O2/c1-2-19-12(18)9-3-5-11(6-4-9)17-13-15-7-10(14)8-16-13/h3-8H,2H2,1H3,(H,15,16,17). The molecule has 0 aliphatic rings. The first kappa shape index (κ1) is 12.9. The van der Waals surface area contributed by atoms with E-state index < -0.39 is 5.82 Å². The van der Waals surface area contributed by atoms with Crippen LogP contribution in [0.1, 0.15) is 17.3 Å². The van der Waals surface area contributed by atoms with Gasteiger partial charge in [0.2, 0.25) is 5.95 Å². The molecule has 1 heterocycles. The number of aromatic nitrogens is 2. The summed E-state index contributed by atoms with van der Waals surface area (Å²) in [6.07, 6.45) is 2.14. The van der Waals surface area contributed by atoms with Crippen molar-refractivity contribution >= 4 is 17.6 Å². The highest BCUT2D eigenvalue weighted by Crippen LogP contribution is 2.14. The lowest BCUT2D eigenvalue weighted by Gasteiger charge is -2.05. The fourth-order valence-electron chi connectivity index (χ4n) is 1.41. The molecule has 1 aromatic carbocycles. The molecule has 0 aliphatic carbocycles. The molecule has 0 fully saturated rings. The third-order valence-electron chi connectivity index (χ3n) is 2.27. The van der Waals surface area contributed by atoms with Crippen molar-refractivity contribution in [3.63, 3.8) is 0 Å². The molecule has 0 amide bonds. The van der Waals surface area contributed by atoms with Gasteiger partial charge in [0.15, 0.2) is 5.82 Å². The van der Waals surface area contributed by atoms with Crippen LogP contribution in [0.5, 0.6) is 0 Å². The number of esters is 1. The molecule has 1 aromatic heterocycles. The lowest BCUT2D eigenvalue weighted by atomic mass is 10.2. The maximum Gasteiger partial charge on any atom is 0.338 e. The second kappa shape index (κ2) is 5.90. The second-order valence-electron chi connectivity index (χ2n) is 3.65. The summed E-state index contributed by atoms with van der Waals surface area (Å²) in [5.41, 5.74) is 1.16. The molecule has 19 heavy (non-hydrogen) atoms. The predicted molar refractivity (Wildman–Crippen MR) is 67.7 cm³/mol. The van der Waals surface area contributed by atoms with Gasteiger partial charge in [-0.05, 0) is 31.2 Å². The van der Waals surface area contributed by atoms with Gasteiger partial charge in [0.25, 0.3) is 0 Å². The van der Waals surface area contributed by atoms with Crippen LogP contribution in [0.2, 0.25) is 0 Å². The summed E-state index contributed by atoms with van der Waals surface area (Å²) in [7, 11) is 0. The van der Waals surface area contributed by atoms with Crippen LogP contribution >= 0.6 is 0 Å². The molecule has 0 unspecified atom stereocenters. The van der Waals surface area contributed by atoms with Gasteiger partial charge in [0, 0.05) is 5.69 Å². The van der Waals surface area contributed by atoms with E-state index in [0.29, 0.717) is 17.9 Å². The minimum Gasteiger partial charge on any atom is -0.462 e. The maximum atomic E-state index is 12.6. The van der Waals surface area contributed by atoms with E-state index in [0.717, 1.165) is 12.4 Å². The lowest BCUT2D eigenvalue weighted by Crippen LogP contribution is -2.04. The van der Waals surface area contributed by atoms with Gasteiger partial charge in [-0.1, -0.05) is 0 Å². The minimum atomic E-state index is -0.497. The second-order valence-corrected chi connectivity index (χ2v) is 3.65. The number of carbonyl (C=O) groups is 1. The van der Waals surface area contributed by atoms with E-state index in [9.17, 15) is 9.18 Å². The largest absolute Gasteiger partial charge is 0.462 e. The van der Waals surface area contributed by atoms with Crippen LogP contribution in [0, 0.1) is 5.82 Å². The van der Waals surface area contributed by atoms with Gasteiger partial charge in [-0.3, -0.25) is 0 Å². The Labute approximate surface area is 109 Å².